The van der Waals surface area contributed by atoms with Crippen LogP contribution in [0.5, 0.6) is 0 Å². The fourth-order valence-electron chi connectivity index (χ4n) is 1.64. The Balaban J connectivity index is 2.83. The van der Waals surface area contributed by atoms with Crippen molar-refractivity contribution in [1.82, 2.24) is 15.1 Å². The zero-order valence-electron chi connectivity index (χ0n) is 11.5. The van der Waals surface area contributed by atoms with Gasteiger partial charge in [0.1, 0.15) is 11.5 Å². The number of amides is 1. The Morgan fingerprint density at radius 3 is 2.75 bits per heavy atom. The standard InChI is InChI=1S/C12H19N5O3/c1-8(2)7-17(6-5-10(13)16-20)12(19)9-3-4-11(18)15-14-9/h3-4,8,20H,5-7H2,1-2H3,(H2,13,16)(H,15,18). The Morgan fingerprint density at radius 1 is 1.55 bits per heavy atom. The molecule has 0 bridgehead atoms. The van der Waals surface area contributed by atoms with Crippen molar-refractivity contribution in [1.29, 1.82) is 0 Å². The highest BCUT2D eigenvalue weighted by Gasteiger charge is 2.18. The molecule has 4 N–H and O–H groups in total. The molecular formula is C12H19N5O3. The molecule has 0 atom stereocenters. The van der Waals surface area contributed by atoms with Crippen molar-refractivity contribution in [2.75, 3.05) is 13.1 Å². The van der Waals surface area contributed by atoms with Crippen LogP contribution in [0.2, 0.25) is 0 Å². The number of aromatic nitrogens is 2. The Hall–Kier alpha value is -2.38. The fourth-order valence-corrected chi connectivity index (χ4v) is 1.64. The normalized spacial score (nSPS) is 11.7. The van der Waals surface area contributed by atoms with Crippen molar-refractivity contribution < 1.29 is 10.0 Å². The highest BCUT2D eigenvalue weighted by atomic mass is 16.4. The minimum absolute atomic E-state index is 0.0565. The van der Waals surface area contributed by atoms with Crippen LogP contribution in [0.25, 0.3) is 0 Å². The van der Waals surface area contributed by atoms with Gasteiger partial charge in [0.15, 0.2) is 0 Å². The van der Waals surface area contributed by atoms with E-state index < -0.39 is 0 Å². The third-order valence-corrected chi connectivity index (χ3v) is 2.54. The molecule has 1 heterocycles. The summed E-state index contributed by atoms with van der Waals surface area (Å²) in [6.07, 6.45) is 0.262. The van der Waals surface area contributed by atoms with E-state index in [1.807, 2.05) is 13.8 Å². The van der Waals surface area contributed by atoms with Gasteiger partial charge < -0.3 is 15.8 Å². The van der Waals surface area contributed by atoms with Gasteiger partial charge in [0.25, 0.3) is 11.5 Å². The second-order valence-electron chi connectivity index (χ2n) is 4.79. The van der Waals surface area contributed by atoms with Gasteiger partial charge in [-0.3, -0.25) is 9.59 Å². The van der Waals surface area contributed by atoms with E-state index in [2.05, 4.69) is 15.4 Å². The van der Waals surface area contributed by atoms with Crippen molar-refractivity contribution in [2.24, 2.45) is 16.8 Å². The van der Waals surface area contributed by atoms with Gasteiger partial charge in [0.2, 0.25) is 0 Å². The van der Waals surface area contributed by atoms with Gasteiger partial charge in [-0.1, -0.05) is 19.0 Å². The second-order valence-corrected chi connectivity index (χ2v) is 4.79. The van der Waals surface area contributed by atoms with Crippen LogP contribution in [0, 0.1) is 5.92 Å². The lowest BCUT2D eigenvalue weighted by Crippen LogP contribution is -2.37. The number of carbonyl (C=O) groups excluding carboxylic acids is 1. The SMILES string of the molecule is CC(C)CN(CC/C(N)=N/O)C(=O)c1ccc(=O)[nH]n1. The van der Waals surface area contributed by atoms with Crippen LogP contribution in [0.3, 0.4) is 0 Å². The van der Waals surface area contributed by atoms with Crippen molar-refractivity contribution in [3.05, 3.63) is 28.2 Å². The van der Waals surface area contributed by atoms with Crippen LogP contribution in [-0.4, -0.2) is 45.1 Å². The molecular weight excluding hydrogens is 262 g/mol. The molecule has 0 aromatic carbocycles. The zero-order chi connectivity index (χ0) is 15.1. The highest BCUT2D eigenvalue weighted by molar-refractivity contribution is 5.92. The van der Waals surface area contributed by atoms with E-state index in [1.165, 1.54) is 12.1 Å². The molecule has 0 fully saturated rings. The monoisotopic (exact) mass is 281 g/mol. The van der Waals surface area contributed by atoms with Crippen LogP contribution in [0.4, 0.5) is 0 Å². The smallest absolute Gasteiger partial charge is 0.274 e. The third-order valence-electron chi connectivity index (χ3n) is 2.54. The first kappa shape index (κ1) is 15.7. The van der Waals surface area contributed by atoms with E-state index >= 15 is 0 Å². The molecule has 8 nitrogen and oxygen atoms in total. The summed E-state index contributed by atoms with van der Waals surface area (Å²) >= 11 is 0. The summed E-state index contributed by atoms with van der Waals surface area (Å²) in [4.78, 5) is 24.8. The number of aromatic amines is 1. The third kappa shape index (κ3) is 4.71. The van der Waals surface area contributed by atoms with Gasteiger partial charge in [0.05, 0.1) is 0 Å². The highest BCUT2D eigenvalue weighted by Crippen LogP contribution is 2.05. The molecule has 0 spiro atoms. The molecule has 8 heteroatoms. The topological polar surface area (TPSA) is 125 Å². The van der Waals surface area contributed by atoms with Crippen LogP contribution in [-0.2, 0) is 0 Å². The Labute approximate surface area is 116 Å². The molecule has 1 aromatic rings. The van der Waals surface area contributed by atoms with Gasteiger partial charge >= 0.3 is 0 Å². The predicted octanol–water partition coefficient (Wildman–Crippen LogP) is 0.00460. The average Bonchev–Trinajstić information content (AvgIpc) is 2.42. The number of hydrogen-bond acceptors (Lipinski definition) is 5. The number of H-pyrrole nitrogens is 1. The molecule has 0 saturated carbocycles. The van der Waals surface area contributed by atoms with Crippen molar-refractivity contribution in [3.8, 4) is 0 Å². The minimum atomic E-state index is -0.367. The molecule has 0 radical (unpaired) electrons. The maximum Gasteiger partial charge on any atom is 0.274 e. The van der Waals surface area contributed by atoms with E-state index in [4.69, 9.17) is 10.9 Å². The molecule has 0 saturated heterocycles. The number of nitrogens with one attached hydrogen (secondary N) is 1. The largest absolute Gasteiger partial charge is 0.409 e. The maximum absolute atomic E-state index is 12.3. The lowest BCUT2D eigenvalue weighted by Gasteiger charge is -2.23. The van der Waals surface area contributed by atoms with Crippen molar-refractivity contribution in [3.63, 3.8) is 0 Å². The van der Waals surface area contributed by atoms with Crippen LogP contribution >= 0.6 is 0 Å². The molecule has 20 heavy (non-hydrogen) atoms. The van der Waals surface area contributed by atoms with E-state index in [-0.39, 0.29) is 35.3 Å². The zero-order valence-corrected chi connectivity index (χ0v) is 11.5. The van der Waals surface area contributed by atoms with Crippen molar-refractivity contribution in [2.45, 2.75) is 20.3 Å². The van der Waals surface area contributed by atoms with Crippen LogP contribution in [0.1, 0.15) is 30.8 Å². The first-order valence-corrected chi connectivity index (χ1v) is 6.25. The Kier molecular flexibility index (Phi) is 5.70. The van der Waals surface area contributed by atoms with E-state index in [1.54, 1.807) is 4.90 Å². The summed E-state index contributed by atoms with van der Waals surface area (Å²) in [5.41, 5.74) is 5.20. The molecule has 0 unspecified atom stereocenters. The number of nitrogens with two attached hydrogens (primary N) is 1. The number of amidine groups is 1. The number of carbonyl (C=O) groups is 1. The number of hydrogen-bond donors (Lipinski definition) is 3. The van der Waals surface area contributed by atoms with Crippen LogP contribution in [0.15, 0.2) is 22.1 Å². The maximum atomic E-state index is 12.3. The van der Waals surface area contributed by atoms with E-state index in [0.717, 1.165) is 0 Å². The molecule has 1 amide bonds. The summed E-state index contributed by atoms with van der Waals surface area (Å²) < 4.78 is 0. The van der Waals surface area contributed by atoms with Crippen molar-refractivity contribution >= 4 is 11.7 Å². The molecule has 110 valence electrons. The molecule has 1 aromatic heterocycles. The first-order chi connectivity index (χ1) is 9.43. The summed E-state index contributed by atoms with van der Waals surface area (Å²) in [6.45, 7) is 4.78. The number of oxime groups is 1. The van der Waals surface area contributed by atoms with Gasteiger partial charge in [-0.05, 0) is 12.0 Å². The van der Waals surface area contributed by atoms with Crippen LogP contribution < -0.4 is 11.3 Å². The Bertz CT molecular complexity index is 518. The lowest BCUT2D eigenvalue weighted by atomic mass is 10.2. The van der Waals surface area contributed by atoms with Gasteiger partial charge in [-0.2, -0.15) is 5.10 Å². The summed E-state index contributed by atoms with van der Waals surface area (Å²) in [5.74, 6) is 0.00988. The lowest BCUT2D eigenvalue weighted by molar-refractivity contribution is 0.0733. The molecule has 0 aliphatic heterocycles. The first-order valence-electron chi connectivity index (χ1n) is 6.25. The minimum Gasteiger partial charge on any atom is -0.409 e. The second kappa shape index (κ2) is 7.27. The summed E-state index contributed by atoms with van der Waals surface area (Å²) in [6, 6.07) is 2.62. The fraction of sp³-hybridized carbons (Fsp3) is 0.500. The molecule has 0 aliphatic rings. The average molecular weight is 281 g/mol. The summed E-state index contributed by atoms with van der Waals surface area (Å²) in [5, 5.41) is 17.3. The van der Waals surface area contributed by atoms with Gasteiger partial charge in [0, 0.05) is 25.6 Å². The van der Waals surface area contributed by atoms with Gasteiger partial charge in [-0.15, -0.1) is 0 Å². The molecule has 0 aliphatic carbocycles. The summed E-state index contributed by atoms with van der Waals surface area (Å²) in [7, 11) is 0. The van der Waals surface area contributed by atoms with Gasteiger partial charge in [-0.25, -0.2) is 5.10 Å². The predicted molar refractivity (Wildman–Crippen MR) is 73.6 cm³/mol. The van der Waals surface area contributed by atoms with E-state index in [9.17, 15) is 9.59 Å². The number of rotatable bonds is 6. The number of nitrogens with zero attached hydrogens (tertiary/aromatic N) is 3. The Morgan fingerprint density at radius 2 is 2.25 bits per heavy atom. The van der Waals surface area contributed by atoms with E-state index in [0.29, 0.717) is 13.1 Å². The molecule has 1 rings (SSSR count). The quantitative estimate of drug-likeness (QED) is 0.293.